The first-order chi connectivity index (χ1) is 8.02. The van der Waals surface area contributed by atoms with Crippen molar-refractivity contribution in [3.63, 3.8) is 0 Å². The van der Waals surface area contributed by atoms with Crippen LogP contribution in [0.4, 0.5) is 0 Å². The van der Waals surface area contributed by atoms with E-state index in [-0.39, 0.29) is 11.9 Å². The Morgan fingerprint density at radius 1 is 1.24 bits per heavy atom. The number of nitrogens with two attached hydrogens (primary N) is 1. The molecule has 1 fully saturated rings. The molecule has 0 bridgehead atoms. The van der Waals surface area contributed by atoms with Crippen LogP contribution in [-0.2, 0) is 4.79 Å². The molecule has 1 saturated heterocycles. The third-order valence-electron chi connectivity index (χ3n) is 3.30. The van der Waals surface area contributed by atoms with Crippen LogP contribution in [0.3, 0.4) is 0 Å². The molecule has 17 heavy (non-hydrogen) atoms. The van der Waals surface area contributed by atoms with Crippen LogP contribution in [0, 0.1) is 5.92 Å². The van der Waals surface area contributed by atoms with E-state index in [0.717, 1.165) is 32.1 Å². The number of hydrogen-bond donors (Lipinski definition) is 2. The summed E-state index contributed by atoms with van der Waals surface area (Å²) in [6, 6.07) is 0.278. The van der Waals surface area contributed by atoms with Gasteiger partial charge in [-0.25, -0.2) is 5.84 Å². The molecule has 1 rings (SSSR count). The first-order valence-corrected chi connectivity index (χ1v) is 6.48. The molecule has 1 heterocycles. The lowest BCUT2D eigenvalue weighted by molar-refractivity contribution is -0.122. The number of hydrogen-bond acceptors (Lipinski definition) is 4. The molecule has 1 aliphatic heterocycles. The largest absolute Gasteiger partial charge is 0.301 e. The van der Waals surface area contributed by atoms with Crippen molar-refractivity contribution in [2.75, 3.05) is 32.7 Å². The van der Waals surface area contributed by atoms with Crippen molar-refractivity contribution in [2.45, 2.75) is 33.2 Å². The predicted molar refractivity (Wildman–Crippen MR) is 69.3 cm³/mol. The van der Waals surface area contributed by atoms with Crippen LogP contribution in [0.2, 0.25) is 0 Å². The van der Waals surface area contributed by atoms with Crippen molar-refractivity contribution in [1.29, 1.82) is 0 Å². The van der Waals surface area contributed by atoms with E-state index in [1.807, 2.05) is 0 Å². The summed E-state index contributed by atoms with van der Waals surface area (Å²) in [5.41, 5.74) is 2.19. The van der Waals surface area contributed by atoms with Crippen LogP contribution < -0.4 is 11.3 Å². The number of carbonyl (C=O) groups is 1. The van der Waals surface area contributed by atoms with Gasteiger partial charge in [0.1, 0.15) is 0 Å². The molecule has 1 amide bonds. The number of amides is 1. The maximum Gasteiger partial charge on any atom is 0.235 e. The number of nitrogens with zero attached hydrogens (tertiary/aromatic N) is 2. The fraction of sp³-hybridized carbons (Fsp3) is 0.917. The third-order valence-corrected chi connectivity index (χ3v) is 3.30. The SMILES string of the molecule is CC(C)CN1CCN(C(C)CC(=O)NN)CC1. The van der Waals surface area contributed by atoms with Crippen LogP contribution in [0.5, 0.6) is 0 Å². The van der Waals surface area contributed by atoms with Crippen LogP contribution in [0.1, 0.15) is 27.2 Å². The lowest BCUT2D eigenvalue weighted by atomic mass is 10.1. The molecule has 0 spiro atoms. The van der Waals surface area contributed by atoms with E-state index in [9.17, 15) is 4.79 Å². The molecule has 3 N–H and O–H groups in total. The van der Waals surface area contributed by atoms with E-state index in [0.29, 0.717) is 6.42 Å². The molecule has 0 radical (unpaired) electrons. The Bertz CT molecular complexity index is 237. The van der Waals surface area contributed by atoms with Gasteiger partial charge in [0.25, 0.3) is 0 Å². The van der Waals surface area contributed by atoms with Gasteiger partial charge in [-0.2, -0.15) is 0 Å². The van der Waals surface area contributed by atoms with Crippen molar-refractivity contribution in [1.82, 2.24) is 15.2 Å². The number of piperazine rings is 1. The monoisotopic (exact) mass is 242 g/mol. The molecular weight excluding hydrogens is 216 g/mol. The highest BCUT2D eigenvalue weighted by molar-refractivity contribution is 5.75. The minimum Gasteiger partial charge on any atom is -0.301 e. The Hall–Kier alpha value is -0.650. The summed E-state index contributed by atoms with van der Waals surface area (Å²) in [5, 5.41) is 0. The Kier molecular flexibility index (Phi) is 5.88. The number of hydrazine groups is 1. The second-order valence-corrected chi connectivity index (χ2v) is 5.35. The second-order valence-electron chi connectivity index (χ2n) is 5.35. The van der Waals surface area contributed by atoms with Crippen LogP contribution in [-0.4, -0.2) is 54.5 Å². The quantitative estimate of drug-likeness (QED) is 0.406. The molecule has 0 saturated carbocycles. The Morgan fingerprint density at radius 3 is 2.29 bits per heavy atom. The average Bonchev–Trinajstić information content (AvgIpc) is 2.28. The lowest BCUT2D eigenvalue weighted by Crippen LogP contribution is -2.51. The van der Waals surface area contributed by atoms with Crippen molar-refractivity contribution in [3.05, 3.63) is 0 Å². The van der Waals surface area contributed by atoms with Crippen molar-refractivity contribution in [2.24, 2.45) is 11.8 Å². The topological polar surface area (TPSA) is 61.6 Å². The molecule has 0 aliphatic carbocycles. The van der Waals surface area contributed by atoms with Crippen molar-refractivity contribution in [3.8, 4) is 0 Å². The van der Waals surface area contributed by atoms with Crippen LogP contribution >= 0.6 is 0 Å². The minimum atomic E-state index is -0.0814. The standard InChI is InChI=1S/C12H26N4O/c1-10(2)9-15-4-6-16(7-5-15)11(3)8-12(17)14-13/h10-11H,4-9,13H2,1-3H3,(H,14,17). The first kappa shape index (κ1) is 14.4. The fourth-order valence-corrected chi connectivity index (χ4v) is 2.36. The number of rotatable bonds is 5. The second kappa shape index (κ2) is 6.93. The summed E-state index contributed by atoms with van der Waals surface area (Å²) in [6.45, 7) is 12.1. The van der Waals surface area contributed by atoms with Gasteiger partial charge in [0.15, 0.2) is 0 Å². The zero-order chi connectivity index (χ0) is 12.8. The summed E-state index contributed by atoms with van der Waals surface area (Å²) in [6.07, 6.45) is 0.487. The average molecular weight is 242 g/mol. The van der Waals surface area contributed by atoms with Gasteiger partial charge in [0.05, 0.1) is 0 Å². The van der Waals surface area contributed by atoms with Crippen LogP contribution in [0.25, 0.3) is 0 Å². The van der Waals surface area contributed by atoms with Gasteiger partial charge in [0.2, 0.25) is 5.91 Å². The van der Waals surface area contributed by atoms with Gasteiger partial charge >= 0.3 is 0 Å². The molecule has 5 heteroatoms. The summed E-state index contributed by atoms with van der Waals surface area (Å²) >= 11 is 0. The van der Waals surface area contributed by atoms with Gasteiger partial charge in [-0.15, -0.1) is 0 Å². The Labute approximate surface area is 104 Å². The zero-order valence-corrected chi connectivity index (χ0v) is 11.3. The molecule has 1 atom stereocenters. The van der Waals surface area contributed by atoms with Crippen molar-refractivity contribution < 1.29 is 4.79 Å². The Balaban J connectivity index is 2.28. The van der Waals surface area contributed by atoms with Gasteiger partial charge in [-0.1, -0.05) is 13.8 Å². The van der Waals surface area contributed by atoms with E-state index in [4.69, 9.17) is 5.84 Å². The van der Waals surface area contributed by atoms with E-state index in [1.165, 1.54) is 6.54 Å². The molecule has 0 aromatic carbocycles. The summed E-state index contributed by atoms with van der Waals surface area (Å²) in [5.74, 6) is 5.74. The predicted octanol–water partition coefficient (Wildman–Crippen LogP) is 0.0285. The highest BCUT2D eigenvalue weighted by Gasteiger charge is 2.22. The lowest BCUT2D eigenvalue weighted by Gasteiger charge is -2.38. The summed E-state index contributed by atoms with van der Waals surface area (Å²) in [4.78, 5) is 16.1. The number of nitrogens with one attached hydrogen (secondary N) is 1. The molecule has 100 valence electrons. The smallest absolute Gasteiger partial charge is 0.235 e. The normalized spacial score (nSPS) is 20.5. The third kappa shape index (κ3) is 5.02. The van der Waals surface area contributed by atoms with E-state index < -0.39 is 0 Å². The number of carbonyl (C=O) groups excluding carboxylic acids is 1. The van der Waals surface area contributed by atoms with Gasteiger partial charge in [0, 0.05) is 45.2 Å². The highest BCUT2D eigenvalue weighted by Crippen LogP contribution is 2.10. The molecular formula is C12H26N4O. The summed E-state index contributed by atoms with van der Waals surface area (Å²) in [7, 11) is 0. The van der Waals surface area contributed by atoms with E-state index in [1.54, 1.807) is 0 Å². The minimum absolute atomic E-state index is 0.0814. The highest BCUT2D eigenvalue weighted by atomic mass is 16.2. The molecule has 0 aromatic heterocycles. The van der Waals surface area contributed by atoms with E-state index >= 15 is 0 Å². The van der Waals surface area contributed by atoms with E-state index in [2.05, 4.69) is 36.0 Å². The molecule has 5 nitrogen and oxygen atoms in total. The van der Waals surface area contributed by atoms with Crippen LogP contribution in [0.15, 0.2) is 0 Å². The summed E-state index contributed by atoms with van der Waals surface area (Å²) < 4.78 is 0. The first-order valence-electron chi connectivity index (χ1n) is 6.48. The zero-order valence-electron chi connectivity index (χ0n) is 11.3. The molecule has 1 unspecified atom stereocenters. The van der Waals surface area contributed by atoms with Gasteiger partial charge in [-0.3, -0.25) is 15.1 Å². The maximum absolute atomic E-state index is 11.2. The fourth-order valence-electron chi connectivity index (χ4n) is 2.36. The van der Waals surface area contributed by atoms with Crippen molar-refractivity contribution >= 4 is 5.91 Å². The Morgan fingerprint density at radius 2 is 1.82 bits per heavy atom. The molecule has 0 aromatic rings. The van der Waals surface area contributed by atoms with Gasteiger partial charge in [-0.05, 0) is 12.8 Å². The molecule has 1 aliphatic rings. The maximum atomic E-state index is 11.2. The van der Waals surface area contributed by atoms with Gasteiger partial charge < -0.3 is 4.90 Å².